The van der Waals surface area contributed by atoms with Crippen LogP contribution < -0.4 is 4.74 Å². The molecule has 0 aliphatic heterocycles. The summed E-state index contributed by atoms with van der Waals surface area (Å²) >= 11 is 5.98. The molecule has 0 saturated heterocycles. The Morgan fingerprint density at radius 1 is 0.818 bits per heavy atom. The average molecular weight is 472 g/mol. The molecule has 33 heavy (non-hydrogen) atoms. The van der Waals surface area contributed by atoms with Gasteiger partial charge in [0.05, 0.1) is 5.69 Å². The molecule has 5 nitrogen and oxygen atoms in total. The Labute approximate surface area is 192 Å². The van der Waals surface area contributed by atoms with Gasteiger partial charge in [0.1, 0.15) is 17.7 Å². The summed E-state index contributed by atoms with van der Waals surface area (Å²) in [5.41, 5.74) is 1.46. The molecule has 4 aromatic rings. The van der Waals surface area contributed by atoms with Gasteiger partial charge in [0.2, 0.25) is 0 Å². The van der Waals surface area contributed by atoms with Crippen LogP contribution in [0.15, 0.2) is 85.6 Å². The molecule has 0 aliphatic rings. The van der Waals surface area contributed by atoms with Gasteiger partial charge < -0.3 is 9.84 Å². The number of halogens is 4. The number of aliphatic hydroxyl groups is 1. The molecule has 168 valence electrons. The fourth-order valence-corrected chi connectivity index (χ4v) is 3.54. The summed E-state index contributed by atoms with van der Waals surface area (Å²) in [6, 6.07) is 16.0. The first-order valence-corrected chi connectivity index (χ1v) is 10.2. The van der Waals surface area contributed by atoms with Crippen LogP contribution in [0.2, 0.25) is 5.02 Å². The SMILES string of the molecule is OC(Cc1ccc(Cl)cc1)(c1cncnc1)c1ccc(-c2ccc(OC(F)(F)F)cc2)cn1. The van der Waals surface area contributed by atoms with Crippen LogP contribution in [0.25, 0.3) is 11.1 Å². The molecule has 4 rings (SSSR count). The van der Waals surface area contributed by atoms with Crippen molar-refractivity contribution in [2.24, 2.45) is 0 Å². The summed E-state index contributed by atoms with van der Waals surface area (Å²) in [5, 5.41) is 12.3. The number of pyridine rings is 1. The normalized spacial score (nSPS) is 13.4. The lowest BCUT2D eigenvalue weighted by Gasteiger charge is -2.28. The lowest BCUT2D eigenvalue weighted by atomic mass is 9.85. The first-order valence-electron chi connectivity index (χ1n) is 9.78. The Bertz CT molecular complexity index is 1200. The van der Waals surface area contributed by atoms with E-state index in [1.165, 1.54) is 43.0 Å². The first kappa shape index (κ1) is 22.7. The molecule has 2 heterocycles. The van der Waals surface area contributed by atoms with Crippen molar-refractivity contribution < 1.29 is 23.0 Å². The van der Waals surface area contributed by atoms with E-state index in [-0.39, 0.29) is 12.2 Å². The zero-order valence-corrected chi connectivity index (χ0v) is 17.8. The van der Waals surface area contributed by atoms with Crippen molar-refractivity contribution in [3.8, 4) is 16.9 Å². The fraction of sp³-hybridized carbons (Fsp3) is 0.125. The van der Waals surface area contributed by atoms with Crippen LogP contribution in [-0.2, 0) is 12.0 Å². The summed E-state index contributed by atoms with van der Waals surface area (Å²) in [5.74, 6) is -0.308. The van der Waals surface area contributed by atoms with Gasteiger partial charge in [0, 0.05) is 41.2 Å². The Morgan fingerprint density at radius 2 is 1.45 bits per heavy atom. The topological polar surface area (TPSA) is 68.1 Å². The summed E-state index contributed by atoms with van der Waals surface area (Å²) in [6.07, 6.45) is 1.42. The molecule has 0 bridgehead atoms. The van der Waals surface area contributed by atoms with E-state index in [4.69, 9.17) is 11.6 Å². The van der Waals surface area contributed by atoms with E-state index < -0.39 is 12.0 Å². The van der Waals surface area contributed by atoms with Gasteiger partial charge in [-0.3, -0.25) is 4.98 Å². The van der Waals surface area contributed by atoms with Crippen LogP contribution in [0.5, 0.6) is 5.75 Å². The van der Waals surface area contributed by atoms with E-state index in [2.05, 4.69) is 19.7 Å². The molecule has 0 fully saturated rings. The van der Waals surface area contributed by atoms with Gasteiger partial charge >= 0.3 is 6.36 Å². The maximum Gasteiger partial charge on any atom is 0.573 e. The quantitative estimate of drug-likeness (QED) is 0.398. The van der Waals surface area contributed by atoms with Gasteiger partial charge in [-0.15, -0.1) is 13.2 Å². The minimum absolute atomic E-state index is 0.202. The first-order chi connectivity index (χ1) is 15.7. The third-order valence-corrected chi connectivity index (χ3v) is 5.27. The molecule has 0 amide bonds. The van der Waals surface area contributed by atoms with Gasteiger partial charge in [-0.05, 0) is 41.5 Å². The molecule has 0 saturated carbocycles. The molecule has 0 spiro atoms. The summed E-state index contributed by atoms with van der Waals surface area (Å²) in [7, 11) is 0. The van der Waals surface area contributed by atoms with Crippen LogP contribution in [-0.4, -0.2) is 26.4 Å². The lowest BCUT2D eigenvalue weighted by molar-refractivity contribution is -0.274. The van der Waals surface area contributed by atoms with E-state index in [1.807, 2.05) is 12.1 Å². The number of hydrogen-bond acceptors (Lipinski definition) is 5. The van der Waals surface area contributed by atoms with Crippen molar-refractivity contribution in [2.45, 2.75) is 18.4 Å². The van der Waals surface area contributed by atoms with E-state index in [0.29, 0.717) is 27.4 Å². The number of ether oxygens (including phenoxy) is 1. The van der Waals surface area contributed by atoms with Crippen molar-refractivity contribution in [3.05, 3.63) is 107 Å². The lowest BCUT2D eigenvalue weighted by Crippen LogP contribution is -2.31. The molecule has 9 heteroatoms. The van der Waals surface area contributed by atoms with Crippen molar-refractivity contribution in [3.63, 3.8) is 0 Å². The fourth-order valence-electron chi connectivity index (χ4n) is 3.41. The van der Waals surface area contributed by atoms with Crippen molar-refractivity contribution in [2.75, 3.05) is 0 Å². The maximum atomic E-state index is 12.4. The van der Waals surface area contributed by atoms with Crippen LogP contribution in [0.3, 0.4) is 0 Å². The summed E-state index contributed by atoms with van der Waals surface area (Å²) in [4.78, 5) is 12.5. The molecule has 0 aliphatic carbocycles. The largest absolute Gasteiger partial charge is 0.573 e. The van der Waals surface area contributed by atoms with Crippen molar-refractivity contribution in [1.29, 1.82) is 0 Å². The van der Waals surface area contributed by atoms with Crippen LogP contribution >= 0.6 is 11.6 Å². The number of nitrogens with zero attached hydrogens (tertiary/aromatic N) is 3. The smallest absolute Gasteiger partial charge is 0.406 e. The number of hydrogen-bond donors (Lipinski definition) is 1. The summed E-state index contributed by atoms with van der Waals surface area (Å²) in [6.45, 7) is 0. The third kappa shape index (κ3) is 5.47. The molecular formula is C24H17ClF3N3O2. The second kappa shape index (κ2) is 9.17. The van der Waals surface area contributed by atoms with Crippen LogP contribution in [0.4, 0.5) is 13.2 Å². The second-order valence-electron chi connectivity index (χ2n) is 7.29. The van der Waals surface area contributed by atoms with Gasteiger partial charge in [-0.2, -0.15) is 0 Å². The Balaban J connectivity index is 1.64. The average Bonchev–Trinajstić information content (AvgIpc) is 2.81. The number of rotatable bonds is 6. The molecule has 1 unspecified atom stereocenters. The van der Waals surface area contributed by atoms with Gasteiger partial charge in [-0.25, -0.2) is 9.97 Å². The molecule has 0 radical (unpaired) electrons. The van der Waals surface area contributed by atoms with E-state index in [1.54, 1.807) is 30.5 Å². The summed E-state index contributed by atoms with van der Waals surface area (Å²) < 4.78 is 41.0. The molecular weight excluding hydrogens is 455 g/mol. The molecule has 1 atom stereocenters. The van der Waals surface area contributed by atoms with Gasteiger partial charge in [-0.1, -0.05) is 41.9 Å². The minimum Gasteiger partial charge on any atom is -0.406 e. The number of aromatic nitrogens is 3. The van der Waals surface area contributed by atoms with Crippen LogP contribution in [0, 0.1) is 0 Å². The Hall–Kier alpha value is -3.49. The zero-order valence-electron chi connectivity index (χ0n) is 17.0. The van der Waals surface area contributed by atoms with E-state index in [9.17, 15) is 18.3 Å². The van der Waals surface area contributed by atoms with Crippen molar-refractivity contribution in [1.82, 2.24) is 15.0 Å². The molecule has 2 aromatic heterocycles. The minimum atomic E-state index is -4.75. The predicted molar refractivity (Wildman–Crippen MR) is 117 cm³/mol. The number of alkyl halides is 3. The maximum absolute atomic E-state index is 12.4. The predicted octanol–water partition coefficient (Wildman–Crippen LogP) is 5.57. The van der Waals surface area contributed by atoms with Gasteiger partial charge in [0.25, 0.3) is 0 Å². The highest BCUT2D eigenvalue weighted by Gasteiger charge is 2.34. The highest BCUT2D eigenvalue weighted by atomic mass is 35.5. The molecule has 2 aromatic carbocycles. The molecule has 1 N–H and O–H groups in total. The Kier molecular flexibility index (Phi) is 6.31. The third-order valence-electron chi connectivity index (χ3n) is 5.02. The van der Waals surface area contributed by atoms with Gasteiger partial charge in [0.15, 0.2) is 0 Å². The second-order valence-corrected chi connectivity index (χ2v) is 7.73. The Morgan fingerprint density at radius 3 is 2.03 bits per heavy atom. The standard InChI is InChI=1S/C24H17ClF3N3O2/c25-20-6-1-16(2-7-20)11-23(32,19-13-29-15-30-14-19)22-10-5-18(12-31-22)17-3-8-21(9-4-17)33-24(26,27)28/h1-10,12-15,32H,11H2. The highest BCUT2D eigenvalue weighted by Crippen LogP contribution is 2.33. The van der Waals surface area contributed by atoms with Crippen LogP contribution in [0.1, 0.15) is 16.8 Å². The van der Waals surface area contributed by atoms with E-state index >= 15 is 0 Å². The monoisotopic (exact) mass is 471 g/mol. The zero-order chi connectivity index (χ0) is 23.5. The van der Waals surface area contributed by atoms with E-state index in [0.717, 1.165) is 5.56 Å². The number of benzene rings is 2. The van der Waals surface area contributed by atoms with Crippen molar-refractivity contribution >= 4 is 11.6 Å². The highest BCUT2D eigenvalue weighted by molar-refractivity contribution is 6.30.